The lowest BCUT2D eigenvalue weighted by Gasteiger charge is -2.32. The van der Waals surface area contributed by atoms with Crippen molar-refractivity contribution in [2.75, 3.05) is 11.9 Å². The van der Waals surface area contributed by atoms with E-state index in [1.165, 1.54) is 12.8 Å². The third-order valence-corrected chi connectivity index (χ3v) is 8.69. The Morgan fingerprint density at radius 3 is 2.53 bits per heavy atom. The molecule has 1 aromatic carbocycles. The molecule has 2 atom stereocenters. The number of hydrogen-bond acceptors (Lipinski definition) is 8. The highest BCUT2D eigenvalue weighted by Crippen LogP contribution is 2.39. The smallest absolute Gasteiger partial charge is 0.320 e. The molecule has 0 bridgehead atoms. The van der Waals surface area contributed by atoms with Crippen molar-refractivity contribution < 1.29 is 19.4 Å². The number of aliphatic hydroxyl groups excluding tert-OH is 1. The quantitative estimate of drug-likeness (QED) is 0.190. The number of urea groups is 1. The largest absolute Gasteiger partial charge is 0.484 e. The number of pyridine rings is 1. The number of nitrogens with zero attached hydrogens (tertiary/aromatic N) is 5. The Balaban J connectivity index is 1.17. The molecule has 11 nitrogen and oxygen atoms in total. The van der Waals surface area contributed by atoms with Gasteiger partial charge in [0.15, 0.2) is 17.3 Å². The van der Waals surface area contributed by atoms with Gasteiger partial charge in [0.1, 0.15) is 23.5 Å². The maximum absolute atomic E-state index is 13.3. The van der Waals surface area contributed by atoms with Crippen LogP contribution in [0.5, 0.6) is 5.75 Å². The fourth-order valence-corrected chi connectivity index (χ4v) is 6.29. The van der Waals surface area contributed by atoms with Crippen LogP contribution in [0, 0.1) is 0 Å². The van der Waals surface area contributed by atoms with E-state index in [2.05, 4.69) is 41.3 Å². The Hall–Kier alpha value is -4.38. The van der Waals surface area contributed by atoms with Gasteiger partial charge in [-0.05, 0) is 55.4 Å². The summed E-state index contributed by atoms with van der Waals surface area (Å²) in [5.74, 6) is 2.22. The first-order valence-corrected chi connectivity index (χ1v) is 15.9. The number of hydrogen-bond donors (Lipinski definition) is 3. The molecule has 3 heterocycles. The number of aliphatic hydroxyl groups is 1. The summed E-state index contributed by atoms with van der Waals surface area (Å²) in [4.78, 5) is 34.7. The van der Waals surface area contributed by atoms with E-state index in [0.29, 0.717) is 30.9 Å². The monoisotopic (exact) mass is 611 g/mol. The highest BCUT2D eigenvalue weighted by molar-refractivity contribution is 5.94. The van der Waals surface area contributed by atoms with E-state index >= 15 is 0 Å². The van der Waals surface area contributed by atoms with Crippen molar-refractivity contribution in [3.05, 3.63) is 77.1 Å². The number of nitrogens with one attached hydrogen (secondary N) is 2. The minimum Gasteiger partial charge on any atom is -0.484 e. The van der Waals surface area contributed by atoms with Gasteiger partial charge in [-0.1, -0.05) is 57.9 Å². The van der Waals surface area contributed by atoms with Crippen LogP contribution in [0.25, 0.3) is 5.65 Å². The Kier molecular flexibility index (Phi) is 8.80. The molecule has 0 radical (unpaired) electrons. The molecule has 2 amide bonds. The number of benzene rings is 1. The third-order valence-electron chi connectivity index (χ3n) is 8.69. The zero-order chi connectivity index (χ0) is 31.6. The zero-order valence-electron chi connectivity index (χ0n) is 26.1. The minimum absolute atomic E-state index is 0.0363. The van der Waals surface area contributed by atoms with Crippen molar-refractivity contribution in [1.29, 1.82) is 0 Å². The molecule has 1 fully saturated rings. The predicted octanol–water partition coefficient (Wildman–Crippen LogP) is 6.21. The van der Waals surface area contributed by atoms with E-state index < -0.39 is 6.03 Å². The number of Topliss-reactive ketones (excluding diaryl/α,β-unsaturated/α-hetero) is 1. The van der Waals surface area contributed by atoms with Crippen LogP contribution in [0.15, 0.2) is 48.7 Å². The molecule has 45 heavy (non-hydrogen) atoms. The molecule has 0 saturated heterocycles. The number of fused-ring (bicyclic) bond motifs is 2. The van der Waals surface area contributed by atoms with Crippen molar-refractivity contribution in [2.45, 2.75) is 95.6 Å². The van der Waals surface area contributed by atoms with Crippen LogP contribution >= 0.6 is 0 Å². The van der Waals surface area contributed by atoms with Gasteiger partial charge in [0, 0.05) is 30.4 Å². The van der Waals surface area contributed by atoms with Crippen LogP contribution in [0.1, 0.15) is 123 Å². The lowest BCUT2D eigenvalue weighted by Crippen LogP contribution is -2.36. The van der Waals surface area contributed by atoms with E-state index in [4.69, 9.17) is 9.84 Å². The Labute approximate surface area is 262 Å². The summed E-state index contributed by atoms with van der Waals surface area (Å²) in [7, 11) is 0. The summed E-state index contributed by atoms with van der Waals surface area (Å²) in [5.41, 5.74) is 3.13. The first-order chi connectivity index (χ1) is 21.7. The van der Waals surface area contributed by atoms with Crippen LogP contribution in [0.4, 0.5) is 10.6 Å². The SMILES string of the molecule is CC(C)(C)c1cc(NC(=O)N[C@H]2CC[C@@H](Oc3ccc4nnc(C5CCCC5)n4c3)c3ccccc32)nc(C(=O)CCCO)n1. The third kappa shape index (κ3) is 6.83. The predicted molar refractivity (Wildman–Crippen MR) is 170 cm³/mol. The van der Waals surface area contributed by atoms with Crippen LogP contribution in [-0.4, -0.2) is 48.1 Å². The fourth-order valence-electron chi connectivity index (χ4n) is 6.29. The maximum atomic E-state index is 13.3. The standard InChI is InChI=1S/C34H41N7O4/c1-34(2,3)28-19-29(37-31(36-28)26(43)13-8-18-42)38-33(44)35-25-15-16-27(24-12-7-6-11-23(24)25)45-22-14-17-30-39-40-32(41(30)20-22)21-9-4-5-10-21/h6-7,11-12,14,17,19-21,25,27,42H,4-5,8-10,13,15-16,18H2,1-3H3,(H2,35,36,37,38,44)/t25-,27+/m0/s1. The maximum Gasteiger partial charge on any atom is 0.320 e. The van der Waals surface area contributed by atoms with Gasteiger partial charge in [0.25, 0.3) is 0 Å². The topological polar surface area (TPSA) is 144 Å². The van der Waals surface area contributed by atoms with E-state index in [-0.39, 0.29) is 48.0 Å². The second-order valence-electron chi connectivity index (χ2n) is 13.1. The molecule has 1 saturated carbocycles. The van der Waals surface area contributed by atoms with E-state index in [0.717, 1.165) is 41.2 Å². The van der Waals surface area contributed by atoms with Gasteiger partial charge in [0.2, 0.25) is 0 Å². The van der Waals surface area contributed by atoms with E-state index in [9.17, 15) is 9.59 Å². The molecule has 0 aliphatic heterocycles. The van der Waals surface area contributed by atoms with Gasteiger partial charge in [0.05, 0.1) is 17.9 Å². The number of amides is 2. The Bertz CT molecular complexity index is 1690. The molecular weight excluding hydrogens is 570 g/mol. The summed E-state index contributed by atoms with van der Waals surface area (Å²) in [5, 5.41) is 23.9. The van der Waals surface area contributed by atoms with Crippen LogP contribution < -0.4 is 15.4 Å². The normalized spacial score (nSPS) is 18.5. The van der Waals surface area contributed by atoms with Crippen molar-refractivity contribution in [3.63, 3.8) is 0 Å². The molecule has 2 aliphatic rings. The molecular formula is C34H41N7O4. The van der Waals surface area contributed by atoms with Gasteiger partial charge < -0.3 is 15.2 Å². The highest BCUT2D eigenvalue weighted by atomic mass is 16.5. The molecule has 6 rings (SSSR count). The van der Waals surface area contributed by atoms with Gasteiger partial charge in [-0.2, -0.15) is 0 Å². The summed E-state index contributed by atoms with van der Waals surface area (Å²) in [6.45, 7) is 5.86. The second-order valence-corrected chi connectivity index (χ2v) is 13.1. The Morgan fingerprint density at radius 2 is 1.78 bits per heavy atom. The molecule has 3 N–H and O–H groups in total. The molecule has 11 heteroatoms. The zero-order valence-corrected chi connectivity index (χ0v) is 26.1. The molecule has 236 valence electrons. The molecule has 3 aromatic heterocycles. The van der Waals surface area contributed by atoms with Gasteiger partial charge >= 0.3 is 6.03 Å². The van der Waals surface area contributed by atoms with Crippen molar-refractivity contribution in [2.24, 2.45) is 0 Å². The van der Waals surface area contributed by atoms with Crippen molar-refractivity contribution >= 4 is 23.3 Å². The fraction of sp³-hybridized carbons (Fsp3) is 0.471. The average Bonchev–Trinajstić information content (AvgIpc) is 3.70. The second kappa shape index (κ2) is 12.9. The minimum atomic E-state index is -0.418. The highest BCUT2D eigenvalue weighted by Gasteiger charge is 2.30. The first kappa shape index (κ1) is 30.6. The number of carbonyl (C=O) groups excluding carboxylic acids is 2. The number of aromatic nitrogens is 5. The van der Waals surface area contributed by atoms with E-state index in [1.807, 2.05) is 57.3 Å². The lowest BCUT2D eigenvalue weighted by molar-refractivity contribution is 0.0960. The molecule has 0 spiro atoms. The number of rotatable bonds is 9. The molecule has 0 unspecified atom stereocenters. The lowest BCUT2D eigenvalue weighted by atomic mass is 9.85. The summed E-state index contributed by atoms with van der Waals surface area (Å²) in [6.07, 6.45) is 8.42. The average molecular weight is 612 g/mol. The van der Waals surface area contributed by atoms with Crippen molar-refractivity contribution in [1.82, 2.24) is 29.9 Å². The molecule has 2 aliphatic carbocycles. The van der Waals surface area contributed by atoms with Gasteiger partial charge in [-0.15, -0.1) is 10.2 Å². The summed E-state index contributed by atoms with van der Waals surface area (Å²) in [6, 6.07) is 13.0. The van der Waals surface area contributed by atoms with Gasteiger partial charge in [-0.25, -0.2) is 14.8 Å². The van der Waals surface area contributed by atoms with Crippen LogP contribution in [0.2, 0.25) is 0 Å². The molecule has 4 aromatic rings. The van der Waals surface area contributed by atoms with E-state index in [1.54, 1.807) is 6.07 Å². The van der Waals surface area contributed by atoms with Gasteiger partial charge in [-0.3, -0.25) is 14.5 Å². The van der Waals surface area contributed by atoms with Crippen molar-refractivity contribution in [3.8, 4) is 5.75 Å². The summed E-state index contributed by atoms with van der Waals surface area (Å²) < 4.78 is 8.63. The number of ketones is 1. The van der Waals surface area contributed by atoms with Crippen LogP contribution in [-0.2, 0) is 5.41 Å². The number of ether oxygens (including phenoxy) is 1. The van der Waals surface area contributed by atoms with Crippen LogP contribution in [0.3, 0.4) is 0 Å². The Morgan fingerprint density at radius 1 is 1.00 bits per heavy atom. The number of carbonyl (C=O) groups is 2. The number of anilines is 1. The summed E-state index contributed by atoms with van der Waals surface area (Å²) >= 11 is 0. The first-order valence-electron chi connectivity index (χ1n) is 15.9.